The van der Waals surface area contributed by atoms with E-state index in [0.717, 1.165) is 32.1 Å². The van der Waals surface area contributed by atoms with Crippen molar-refractivity contribution in [3.8, 4) is 11.3 Å². The van der Waals surface area contributed by atoms with Gasteiger partial charge in [0, 0.05) is 21.6 Å². The Morgan fingerprint density at radius 1 is 1.19 bits per heavy atom. The van der Waals surface area contributed by atoms with E-state index >= 15 is 0 Å². The van der Waals surface area contributed by atoms with Crippen LogP contribution in [0.4, 0.5) is 5.69 Å². The average Bonchev–Trinajstić information content (AvgIpc) is 2.94. The van der Waals surface area contributed by atoms with Crippen molar-refractivity contribution in [1.29, 1.82) is 0 Å². The van der Waals surface area contributed by atoms with Crippen LogP contribution in [-0.2, 0) is 4.79 Å². The van der Waals surface area contributed by atoms with Gasteiger partial charge >= 0.3 is 0 Å². The lowest BCUT2D eigenvalue weighted by molar-refractivity contribution is -0.113. The molecule has 0 radical (unpaired) electrons. The zero-order valence-electron chi connectivity index (χ0n) is 14.1. The molecular formula is C20H16BrN3OS. The van der Waals surface area contributed by atoms with Crippen LogP contribution in [0.1, 0.15) is 24.1 Å². The number of fused-ring (bicyclic) bond motifs is 3. The van der Waals surface area contributed by atoms with Crippen molar-refractivity contribution in [2.75, 3.05) is 11.1 Å². The van der Waals surface area contributed by atoms with Gasteiger partial charge in [-0.15, -0.1) is 0 Å². The maximum absolute atomic E-state index is 12.2. The Bertz CT molecular complexity index is 975. The van der Waals surface area contributed by atoms with Crippen molar-refractivity contribution < 1.29 is 4.79 Å². The van der Waals surface area contributed by atoms with Crippen LogP contribution in [-0.4, -0.2) is 21.6 Å². The number of rotatable bonds is 4. The number of nitrogens with one attached hydrogen (secondary N) is 1. The fourth-order valence-corrected chi connectivity index (χ4v) is 3.98. The van der Waals surface area contributed by atoms with Crippen LogP contribution in [0.5, 0.6) is 0 Å². The molecule has 3 aromatic rings. The Hall–Kier alpha value is -2.18. The molecule has 1 aliphatic carbocycles. The Labute approximate surface area is 164 Å². The van der Waals surface area contributed by atoms with Crippen LogP contribution in [0, 0.1) is 0 Å². The largest absolute Gasteiger partial charge is 0.325 e. The lowest BCUT2D eigenvalue weighted by Crippen LogP contribution is -2.14. The topological polar surface area (TPSA) is 54.9 Å². The first kappa shape index (κ1) is 17.2. The van der Waals surface area contributed by atoms with E-state index in [0.29, 0.717) is 5.75 Å². The van der Waals surface area contributed by atoms with Gasteiger partial charge < -0.3 is 5.32 Å². The number of hydrogen-bond acceptors (Lipinski definition) is 4. The monoisotopic (exact) mass is 425 g/mol. The molecule has 130 valence electrons. The number of benzene rings is 2. The summed E-state index contributed by atoms with van der Waals surface area (Å²) in [5.74, 6) is 0.465. The van der Waals surface area contributed by atoms with Gasteiger partial charge in [0.25, 0.3) is 0 Å². The van der Waals surface area contributed by atoms with E-state index in [-0.39, 0.29) is 11.8 Å². The summed E-state index contributed by atoms with van der Waals surface area (Å²) in [5, 5.41) is 3.66. The molecule has 1 atom stereocenters. The molecule has 0 spiro atoms. The van der Waals surface area contributed by atoms with Gasteiger partial charge in [0.2, 0.25) is 5.91 Å². The third kappa shape index (κ3) is 3.39. The first-order valence-corrected chi connectivity index (χ1v) is 10.0. The second-order valence-electron chi connectivity index (χ2n) is 6.09. The molecule has 2 aromatic carbocycles. The highest BCUT2D eigenvalue weighted by atomic mass is 79.9. The molecule has 1 unspecified atom stereocenters. The average molecular weight is 426 g/mol. The quantitative estimate of drug-likeness (QED) is 0.590. The van der Waals surface area contributed by atoms with Crippen LogP contribution in [0.2, 0.25) is 0 Å². The van der Waals surface area contributed by atoms with Crippen LogP contribution < -0.4 is 5.32 Å². The predicted molar refractivity (Wildman–Crippen MR) is 108 cm³/mol. The van der Waals surface area contributed by atoms with E-state index in [2.05, 4.69) is 45.3 Å². The number of aromatic nitrogens is 2. The summed E-state index contributed by atoms with van der Waals surface area (Å²) >= 11 is 4.78. The summed E-state index contributed by atoms with van der Waals surface area (Å²) in [4.78, 5) is 21.5. The lowest BCUT2D eigenvalue weighted by atomic mass is 10.0. The van der Waals surface area contributed by atoms with Gasteiger partial charge in [0.15, 0.2) is 0 Å². The highest BCUT2D eigenvalue weighted by Crippen LogP contribution is 2.42. The van der Waals surface area contributed by atoms with Gasteiger partial charge in [-0.25, -0.2) is 4.98 Å². The molecule has 1 heterocycles. The van der Waals surface area contributed by atoms with Crippen LogP contribution in [0.25, 0.3) is 11.3 Å². The highest BCUT2D eigenvalue weighted by Gasteiger charge is 2.28. The van der Waals surface area contributed by atoms with Crippen LogP contribution >= 0.6 is 27.7 Å². The minimum absolute atomic E-state index is 0.0593. The standard InChI is InChI=1S/C20H16BrN3OS/c1-12-15-4-2-3-5-16(15)20-19(12)24-18(10-22-20)26-11-17(25)23-14-8-6-13(21)7-9-14/h2-10,12H,11H2,1H3,(H,23,25). The van der Waals surface area contributed by atoms with Gasteiger partial charge in [-0.2, -0.15) is 0 Å². The van der Waals surface area contributed by atoms with Crippen LogP contribution in [0.3, 0.4) is 0 Å². The molecule has 4 nitrogen and oxygen atoms in total. The first-order chi connectivity index (χ1) is 12.6. The van der Waals surface area contributed by atoms with Crippen molar-refractivity contribution in [2.45, 2.75) is 17.9 Å². The smallest absolute Gasteiger partial charge is 0.234 e. The molecule has 0 bridgehead atoms. The zero-order chi connectivity index (χ0) is 18.1. The van der Waals surface area contributed by atoms with Crippen molar-refractivity contribution in [2.24, 2.45) is 0 Å². The molecule has 4 rings (SSSR count). The van der Waals surface area contributed by atoms with Crippen molar-refractivity contribution in [3.63, 3.8) is 0 Å². The molecular weight excluding hydrogens is 410 g/mol. The summed E-state index contributed by atoms with van der Waals surface area (Å²) in [6.45, 7) is 2.15. The van der Waals surface area contributed by atoms with Crippen molar-refractivity contribution >= 4 is 39.3 Å². The number of thioether (sulfide) groups is 1. The first-order valence-electron chi connectivity index (χ1n) is 8.26. The fourth-order valence-electron chi connectivity index (χ4n) is 3.07. The number of hydrogen-bond donors (Lipinski definition) is 1. The lowest BCUT2D eigenvalue weighted by Gasteiger charge is -2.07. The van der Waals surface area contributed by atoms with Gasteiger partial charge in [-0.3, -0.25) is 9.78 Å². The number of anilines is 1. The van der Waals surface area contributed by atoms with Crippen molar-refractivity contribution in [1.82, 2.24) is 9.97 Å². The summed E-state index contributed by atoms with van der Waals surface area (Å²) in [5.41, 5.74) is 5.15. The number of nitrogens with zero attached hydrogens (tertiary/aromatic N) is 2. The molecule has 0 saturated heterocycles. The molecule has 0 aliphatic heterocycles. The fraction of sp³-hybridized carbons (Fsp3) is 0.150. The third-order valence-corrected chi connectivity index (χ3v) is 5.78. The molecule has 1 N–H and O–H groups in total. The number of carbonyl (C=O) groups is 1. The SMILES string of the molecule is CC1c2ccccc2-c2ncc(SCC(=O)Nc3ccc(Br)cc3)nc21. The summed E-state index contributed by atoms with van der Waals surface area (Å²) in [6, 6.07) is 15.8. The number of halogens is 1. The maximum atomic E-state index is 12.2. The normalized spacial score (nSPS) is 14.6. The Kier molecular flexibility index (Phi) is 4.78. The second kappa shape index (κ2) is 7.21. The third-order valence-electron chi connectivity index (χ3n) is 4.35. The molecule has 6 heteroatoms. The van der Waals surface area contributed by atoms with Gasteiger partial charge in [-0.05, 0) is 29.8 Å². The predicted octanol–water partition coefficient (Wildman–Crippen LogP) is 5.10. The summed E-state index contributed by atoms with van der Waals surface area (Å²) < 4.78 is 0.980. The Balaban J connectivity index is 1.44. The summed E-state index contributed by atoms with van der Waals surface area (Å²) in [6.07, 6.45) is 1.76. The minimum atomic E-state index is -0.0593. The van der Waals surface area contributed by atoms with Gasteiger partial charge in [0.05, 0.1) is 23.3 Å². The molecule has 1 aliphatic rings. The summed E-state index contributed by atoms with van der Waals surface area (Å²) in [7, 11) is 0. The molecule has 1 aromatic heterocycles. The second-order valence-corrected chi connectivity index (χ2v) is 8.01. The Morgan fingerprint density at radius 3 is 2.77 bits per heavy atom. The Morgan fingerprint density at radius 2 is 1.96 bits per heavy atom. The maximum Gasteiger partial charge on any atom is 0.234 e. The zero-order valence-corrected chi connectivity index (χ0v) is 16.5. The van der Waals surface area contributed by atoms with E-state index in [1.165, 1.54) is 17.3 Å². The highest BCUT2D eigenvalue weighted by molar-refractivity contribution is 9.10. The van der Waals surface area contributed by atoms with E-state index < -0.39 is 0 Å². The van der Waals surface area contributed by atoms with E-state index in [1.54, 1.807) is 6.20 Å². The van der Waals surface area contributed by atoms with Crippen molar-refractivity contribution in [3.05, 3.63) is 70.5 Å². The molecule has 0 fully saturated rings. The minimum Gasteiger partial charge on any atom is -0.325 e. The molecule has 0 saturated carbocycles. The number of amides is 1. The van der Waals surface area contributed by atoms with Gasteiger partial charge in [0.1, 0.15) is 5.03 Å². The van der Waals surface area contributed by atoms with E-state index in [1.807, 2.05) is 36.4 Å². The van der Waals surface area contributed by atoms with E-state index in [4.69, 9.17) is 4.98 Å². The van der Waals surface area contributed by atoms with Gasteiger partial charge in [-0.1, -0.05) is 58.9 Å². The molecule has 26 heavy (non-hydrogen) atoms. The van der Waals surface area contributed by atoms with Crippen LogP contribution in [0.15, 0.2) is 64.2 Å². The van der Waals surface area contributed by atoms with E-state index in [9.17, 15) is 4.79 Å². The number of carbonyl (C=O) groups excluding carboxylic acids is 1. The molecule has 1 amide bonds.